The third-order valence-electron chi connectivity index (χ3n) is 1.16. The minimum Gasteiger partial charge on any atom is -0.385 e. The van der Waals surface area contributed by atoms with E-state index >= 15 is 0 Å². The first-order valence-corrected chi connectivity index (χ1v) is 3.27. The largest absolute Gasteiger partial charge is 0.385 e. The standard InChI is InChI=1S/C5HNO3S/c7-4-2-1-6-10-3(2)5(8)9-4/h1H. The fourth-order valence-electron chi connectivity index (χ4n) is 0.718. The molecule has 0 unspecified atom stereocenters. The minimum absolute atomic E-state index is 0.287. The van der Waals surface area contributed by atoms with Gasteiger partial charge in [-0.3, -0.25) is 0 Å². The van der Waals surface area contributed by atoms with Gasteiger partial charge in [-0.1, -0.05) is 0 Å². The molecule has 50 valence electrons. The molecule has 5 heteroatoms. The van der Waals surface area contributed by atoms with Crippen LogP contribution in [0.25, 0.3) is 0 Å². The molecule has 0 saturated heterocycles. The van der Waals surface area contributed by atoms with Crippen LogP contribution in [0.4, 0.5) is 0 Å². The molecule has 2 heterocycles. The lowest BCUT2D eigenvalue weighted by Gasteiger charge is -1.82. The molecule has 0 fully saturated rings. The van der Waals surface area contributed by atoms with Crippen molar-refractivity contribution < 1.29 is 14.3 Å². The fourth-order valence-corrected chi connectivity index (χ4v) is 1.33. The predicted octanol–water partition coefficient (Wildman–Crippen LogP) is 0.454. The first-order chi connectivity index (χ1) is 4.79. The summed E-state index contributed by atoms with van der Waals surface area (Å²) in [6, 6.07) is 0. The number of hydrogen-bond acceptors (Lipinski definition) is 5. The number of aromatic nitrogens is 1. The Morgan fingerprint density at radius 2 is 2.20 bits per heavy atom. The first kappa shape index (κ1) is 5.55. The highest BCUT2D eigenvalue weighted by Gasteiger charge is 2.31. The quantitative estimate of drug-likeness (QED) is 0.403. The number of rotatable bonds is 0. The fraction of sp³-hybridized carbons (Fsp3) is 0. The molecule has 0 saturated carbocycles. The number of ether oxygens (including phenoxy) is 1. The second kappa shape index (κ2) is 1.63. The molecule has 2 rings (SSSR count). The smallest absolute Gasteiger partial charge is 0.358 e. The van der Waals surface area contributed by atoms with Gasteiger partial charge in [0, 0.05) is 0 Å². The van der Waals surface area contributed by atoms with Crippen LogP contribution in [0.15, 0.2) is 6.20 Å². The number of esters is 2. The van der Waals surface area contributed by atoms with Crippen molar-refractivity contribution in [2.24, 2.45) is 0 Å². The molecular formula is C5HNO3S. The van der Waals surface area contributed by atoms with Crippen LogP contribution in [-0.4, -0.2) is 16.3 Å². The van der Waals surface area contributed by atoms with Crippen molar-refractivity contribution in [3.8, 4) is 0 Å². The van der Waals surface area contributed by atoms with Gasteiger partial charge in [0.15, 0.2) is 0 Å². The molecule has 4 nitrogen and oxygen atoms in total. The topological polar surface area (TPSA) is 56.3 Å². The normalized spacial score (nSPS) is 15.2. The summed E-state index contributed by atoms with van der Waals surface area (Å²) in [6.07, 6.45) is 1.34. The molecule has 1 aliphatic rings. The monoisotopic (exact) mass is 155 g/mol. The number of nitrogens with zero attached hydrogens (tertiary/aromatic N) is 1. The van der Waals surface area contributed by atoms with Crippen LogP contribution in [0.2, 0.25) is 0 Å². The molecule has 1 aromatic heterocycles. The van der Waals surface area contributed by atoms with E-state index in [0.717, 1.165) is 11.5 Å². The van der Waals surface area contributed by atoms with Gasteiger partial charge in [0.25, 0.3) is 0 Å². The summed E-state index contributed by atoms with van der Waals surface area (Å²) < 4.78 is 7.93. The summed E-state index contributed by atoms with van der Waals surface area (Å²) in [6.45, 7) is 0. The van der Waals surface area contributed by atoms with E-state index in [0.29, 0.717) is 4.88 Å². The lowest BCUT2D eigenvalue weighted by molar-refractivity contribution is 0.0445. The van der Waals surface area contributed by atoms with Crippen molar-refractivity contribution >= 4 is 23.5 Å². The van der Waals surface area contributed by atoms with Crippen LogP contribution in [0.5, 0.6) is 0 Å². The molecule has 0 N–H and O–H groups in total. The second-order valence-corrected chi connectivity index (χ2v) is 2.55. The van der Waals surface area contributed by atoms with E-state index in [1.54, 1.807) is 0 Å². The van der Waals surface area contributed by atoms with Gasteiger partial charge in [-0.25, -0.2) is 9.59 Å². The number of carbonyl (C=O) groups excluding carboxylic acids is 2. The molecule has 0 aliphatic carbocycles. The predicted molar refractivity (Wildman–Crippen MR) is 31.9 cm³/mol. The van der Waals surface area contributed by atoms with Crippen LogP contribution < -0.4 is 0 Å². The van der Waals surface area contributed by atoms with Crippen molar-refractivity contribution in [1.29, 1.82) is 0 Å². The van der Waals surface area contributed by atoms with E-state index in [9.17, 15) is 9.59 Å². The Hall–Kier alpha value is -1.23. The van der Waals surface area contributed by atoms with Gasteiger partial charge in [-0.2, -0.15) is 4.37 Å². The van der Waals surface area contributed by atoms with Gasteiger partial charge in [-0.15, -0.1) is 0 Å². The summed E-state index contributed by atoms with van der Waals surface area (Å²) in [4.78, 5) is 21.6. The number of fused-ring (bicyclic) bond motifs is 1. The Bertz CT molecular complexity index is 288. The summed E-state index contributed by atoms with van der Waals surface area (Å²) in [5, 5.41) is 0. The summed E-state index contributed by atoms with van der Waals surface area (Å²) in [5.41, 5.74) is 0.287. The zero-order valence-corrected chi connectivity index (χ0v) is 5.47. The highest BCUT2D eigenvalue weighted by molar-refractivity contribution is 7.08. The molecule has 0 spiro atoms. The third-order valence-corrected chi connectivity index (χ3v) is 1.94. The summed E-state index contributed by atoms with van der Waals surface area (Å²) in [5.74, 6) is -1.17. The summed E-state index contributed by atoms with van der Waals surface area (Å²) in [7, 11) is 0. The van der Waals surface area contributed by atoms with Crippen molar-refractivity contribution in [1.82, 2.24) is 4.37 Å². The van der Waals surface area contributed by atoms with Gasteiger partial charge in [0.1, 0.15) is 10.4 Å². The van der Waals surface area contributed by atoms with Crippen LogP contribution in [0.1, 0.15) is 20.0 Å². The molecule has 0 aromatic carbocycles. The van der Waals surface area contributed by atoms with E-state index in [1.165, 1.54) is 6.20 Å². The molecule has 10 heavy (non-hydrogen) atoms. The first-order valence-electron chi connectivity index (χ1n) is 2.50. The summed E-state index contributed by atoms with van der Waals surface area (Å²) >= 11 is 0.979. The Balaban J connectivity index is 2.69. The van der Waals surface area contributed by atoms with Crippen LogP contribution in [0, 0.1) is 0 Å². The Kier molecular flexibility index (Phi) is 0.906. The van der Waals surface area contributed by atoms with Gasteiger partial charge < -0.3 is 4.74 Å². The lowest BCUT2D eigenvalue weighted by atomic mass is 10.3. The average molecular weight is 155 g/mol. The van der Waals surface area contributed by atoms with E-state index in [4.69, 9.17) is 0 Å². The van der Waals surface area contributed by atoms with Gasteiger partial charge in [0.05, 0.1) is 6.20 Å². The zero-order chi connectivity index (χ0) is 7.14. The van der Waals surface area contributed by atoms with E-state index in [2.05, 4.69) is 9.11 Å². The van der Waals surface area contributed by atoms with Gasteiger partial charge >= 0.3 is 11.9 Å². The van der Waals surface area contributed by atoms with E-state index < -0.39 is 11.9 Å². The zero-order valence-electron chi connectivity index (χ0n) is 4.66. The van der Waals surface area contributed by atoms with Crippen molar-refractivity contribution in [2.45, 2.75) is 0 Å². The van der Waals surface area contributed by atoms with Gasteiger partial charge in [-0.05, 0) is 11.5 Å². The number of carbonyl (C=O) groups is 2. The number of cyclic esters (lactones) is 2. The van der Waals surface area contributed by atoms with Crippen molar-refractivity contribution in [3.05, 3.63) is 16.6 Å². The molecule has 1 aromatic rings. The Morgan fingerprint density at radius 3 is 2.90 bits per heavy atom. The SMILES string of the molecule is O=C1OC(=O)c2sncc21. The van der Waals surface area contributed by atoms with E-state index in [-0.39, 0.29) is 5.56 Å². The highest BCUT2D eigenvalue weighted by Crippen LogP contribution is 2.22. The van der Waals surface area contributed by atoms with Crippen LogP contribution >= 0.6 is 11.5 Å². The minimum atomic E-state index is -0.589. The number of hydrogen-bond donors (Lipinski definition) is 0. The maximum absolute atomic E-state index is 10.7. The van der Waals surface area contributed by atoms with Crippen molar-refractivity contribution in [3.63, 3.8) is 0 Å². The second-order valence-electron chi connectivity index (χ2n) is 1.75. The maximum atomic E-state index is 10.7. The lowest BCUT2D eigenvalue weighted by Crippen LogP contribution is -1.97. The van der Waals surface area contributed by atoms with E-state index in [1.807, 2.05) is 0 Å². The highest BCUT2D eigenvalue weighted by atomic mass is 32.1. The average Bonchev–Trinajstić information content (AvgIpc) is 2.39. The Morgan fingerprint density at radius 1 is 1.40 bits per heavy atom. The van der Waals surface area contributed by atoms with Crippen molar-refractivity contribution in [2.75, 3.05) is 0 Å². The van der Waals surface area contributed by atoms with Gasteiger partial charge in [0.2, 0.25) is 0 Å². The molecule has 0 amide bonds. The molecule has 0 atom stereocenters. The molecular weight excluding hydrogens is 154 g/mol. The maximum Gasteiger partial charge on any atom is 0.358 e. The molecule has 0 radical (unpaired) electrons. The van der Waals surface area contributed by atoms with Crippen LogP contribution in [0.3, 0.4) is 0 Å². The molecule has 1 aliphatic heterocycles. The Labute approximate surface area is 59.6 Å². The molecule has 0 bridgehead atoms. The third kappa shape index (κ3) is 0.522. The van der Waals surface area contributed by atoms with Crippen LogP contribution in [-0.2, 0) is 4.74 Å².